The van der Waals surface area contributed by atoms with Crippen molar-refractivity contribution in [3.63, 3.8) is 0 Å². The molecule has 2 amide bonds. The molecule has 7 heteroatoms. The molecule has 1 heterocycles. The van der Waals surface area contributed by atoms with Gasteiger partial charge in [0, 0.05) is 12.2 Å². The summed E-state index contributed by atoms with van der Waals surface area (Å²) in [6.45, 7) is 15.5. The third-order valence-corrected chi connectivity index (χ3v) is 5.02. The monoisotopic (exact) mass is 362 g/mol. The van der Waals surface area contributed by atoms with E-state index in [4.69, 9.17) is 9.31 Å². The molecule has 0 spiro atoms. The Hall–Kier alpha value is -1.57. The smallest absolute Gasteiger partial charge is 0.399 e. The number of carbonyl (C=O) groups is 1. The first-order valence-corrected chi connectivity index (χ1v) is 8.96. The minimum Gasteiger partial charge on any atom is -0.399 e. The van der Waals surface area contributed by atoms with E-state index in [0.29, 0.717) is 5.69 Å². The van der Waals surface area contributed by atoms with Crippen molar-refractivity contribution in [3.8, 4) is 0 Å². The van der Waals surface area contributed by atoms with E-state index >= 15 is 0 Å². The van der Waals surface area contributed by atoms with Crippen molar-refractivity contribution in [2.45, 2.75) is 72.2 Å². The van der Waals surface area contributed by atoms with Crippen LogP contribution in [-0.2, 0) is 9.31 Å². The highest BCUT2D eigenvalue weighted by atomic mass is 16.7. The van der Waals surface area contributed by atoms with Crippen molar-refractivity contribution in [1.29, 1.82) is 0 Å². The number of amides is 2. The molecule has 0 atom stereocenters. The van der Waals surface area contributed by atoms with Gasteiger partial charge in [-0.3, -0.25) is 0 Å². The maximum Gasteiger partial charge on any atom is 0.495 e. The predicted molar refractivity (Wildman–Crippen MR) is 105 cm³/mol. The molecule has 144 valence electrons. The standard InChI is InChI=1S/C19H31BN2O4/c1-12-9-14(22-16(23)21-11-17(3,4)24)10-13(2)15(12)20-25-18(5,6)19(7,8)26-20/h9-10,24H,11H2,1-8H3,(H2,21,22,23). The number of aryl methyl sites for hydroxylation is 2. The summed E-state index contributed by atoms with van der Waals surface area (Å²) in [6.07, 6.45) is 0. The summed E-state index contributed by atoms with van der Waals surface area (Å²) < 4.78 is 12.3. The third-order valence-electron chi connectivity index (χ3n) is 5.02. The molecule has 1 aromatic carbocycles. The molecular formula is C19H31BN2O4. The molecule has 2 rings (SSSR count). The van der Waals surface area contributed by atoms with Crippen LogP contribution in [0.3, 0.4) is 0 Å². The van der Waals surface area contributed by atoms with E-state index in [9.17, 15) is 9.90 Å². The zero-order valence-electron chi connectivity index (χ0n) is 17.1. The normalized spacial score (nSPS) is 18.7. The van der Waals surface area contributed by atoms with E-state index < -0.39 is 23.9 Å². The minimum atomic E-state index is -0.955. The lowest BCUT2D eigenvalue weighted by molar-refractivity contribution is 0.00578. The van der Waals surface area contributed by atoms with Crippen LogP contribution in [-0.4, -0.2) is 41.6 Å². The number of anilines is 1. The Kier molecular flexibility index (Phi) is 5.48. The predicted octanol–water partition coefficient (Wildman–Crippen LogP) is 2.50. The molecule has 0 unspecified atom stereocenters. The van der Waals surface area contributed by atoms with Crippen LogP contribution in [0.15, 0.2) is 12.1 Å². The third kappa shape index (κ3) is 4.58. The lowest BCUT2D eigenvalue weighted by Gasteiger charge is -2.32. The topological polar surface area (TPSA) is 79.8 Å². The maximum atomic E-state index is 12.0. The van der Waals surface area contributed by atoms with Gasteiger partial charge in [-0.15, -0.1) is 0 Å². The largest absolute Gasteiger partial charge is 0.495 e. The molecule has 1 aromatic rings. The fourth-order valence-corrected chi connectivity index (χ4v) is 2.85. The van der Waals surface area contributed by atoms with E-state index in [-0.39, 0.29) is 12.6 Å². The lowest BCUT2D eigenvalue weighted by Crippen LogP contribution is -2.41. The Morgan fingerprint density at radius 3 is 2.00 bits per heavy atom. The van der Waals surface area contributed by atoms with E-state index in [1.54, 1.807) is 13.8 Å². The second-order valence-electron chi connectivity index (χ2n) is 8.73. The van der Waals surface area contributed by atoms with Crippen molar-refractivity contribution in [1.82, 2.24) is 5.32 Å². The summed E-state index contributed by atoms with van der Waals surface area (Å²) in [7, 11) is -0.432. The fraction of sp³-hybridized carbons (Fsp3) is 0.632. The zero-order chi connectivity index (χ0) is 19.9. The van der Waals surface area contributed by atoms with Crippen LogP contribution < -0.4 is 16.1 Å². The van der Waals surface area contributed by atoms with E-state index in [2.05, 4.69) is 10.6 Å². The number of rotatable bonds is 4. The molecule has 1 aliphatic rings. The van der Waals surface area contributed by atoms with Gasteiger partial charge in [-0.1, -0.05) is 0 Å². The molecule has 0 aromatic heterocycles. The summed E-state index contributed by atoms with van der Waals surface area (Å²) in [5, 5.41) is 15.1. The molecule has 0 aliphatic carbocycles. The average Bonchev–Trinajstić information content (AvgIpc) is 2.63. The summed E-state index contributed by atoms with van der Waals surface area (Å²) in [5.74, 6) is 0. The lowest BCUT2D eigenvalue weighted by atomic mass is 9.73. The summed E-state index contributed by atoms with van der Waals surface area (Å²) in [5.41, 5.74) is 1.90. The number of hydrogen-bond acceptors (Lipinski definition) is 4. The van der Waals surface area contributed by atoms with Gasteiger partial charge in [0.25, 0.3) is 0 Å². The summed E-state index contributed by atoms with van der Waals surface area (Å²) in [6, 6.07) is 3.45. The van der Waals surface area contributed by atoms with Gasteiger partial charge in [0.15, 0.2) is 0 Å². The molecule has 1 saturated heterocycles. The Bertz CT molecular complexity index is 656. The zero-order valence-corrected chi connectivity index (χ0v) is 17.1. The van der Waals surface area contributed by atoms with Gasteiger partial charge >= 0.3 is 13.1 Å². The molecule has 1 fully saturated rings. The molecule has 0 saturated carbocycles. The molecule has 0 radical (unpaired) electrons. The van der Waals surface area contributed by atoms with E-state index in [0.717, 1.165) is 16.6 Å². The van der Waals surface area contributed by atoms with E-state index in [1.807, 2.05) is 53.7 Å². The molecule has 3 N–H and O–H groups in total. The van der Waals surface area contributed by atoms with Crippen LogP contribution >= 0.6 is 0 Å². The Labute approximate surface area is 156 Å². The van der Waals surface area contributed by atoms with Gasteiger partial charge in [-0.25, -0.2) is 4.79 Å². The molecule has 0 bridgehead atoms. The Morgan fingerprint density at radius 2 is 1.58 bits per heavy atom. The average molecular weight is 362 g/mol. The highest BCUT2D eigenvalue weighted by Gasteiger charge is 2.52. The quantitative estimate of drug-likeness (QED) is 0.719. The second-order valence-corrected chi connectivity index (χ2v) is 8.73. The first kappa shape index (κ1) is 20.7. The Balaban J connectivity index is 2.15. The van der Waals surface area contributed by atoms with Gasteiger partial charge in [0.05, 0.1) is 16.8 Å². The molecular weight excluding hydrogens is 331 g/mol. The van der Waals surface area contributed by atoms with Gasteiger partial charge in [-0.2, -0.15) is 0 Å². The highest BCUT2D eigenvalue weighted by molar-refractivity contribution is 6.63. The number of hydrogen-bond donors (Lipinski definition) is 3. The van der Waals surface area contributed by atoms with Crippen LogP contribution in [0.5, 0.6) is 0 Å². The van der Waals surface area contributed by atoms with Crippen molar-refractivity contribution in [2.24, 2.45) is 0 Å². The van der Waals surface area contributed by atoms with Crippen molar-refractivity contribution >= 4 is 24.3 Å². The van der Waals surface area contributed by atoms with E-state index in [1.165, 1.54) is 0 Å². The van der Waals surface area contributed by atoms with Crippen molar-refractivity contribution in [2.75, 3.05) is 11.9 Å². The van der Waals surface area contributed by atoms with Crippen molar-refractivity contribution < 1.29 is 19.2 Å². The molecule has 1 aliphatic heterocycles. The number of nitrogens with one attached hydrogen (secondary N) is 2. The number of urea groups is 1. The first-order valence-electron chi connectivity index (χ1n) is 8.96. The highest BCUT2D eigenvalue weighted by Crippen LogP contribution is 2.37. The number of carbonyl (C=O) groups excluding carboxylic acids is 1. The van der Waals surface area contributed by atoms with Crippen LogP contribution in [0.25, 0.3) is 0 Å². The minimum absolute atomic E-state index is 0.169. The fourth-order valence-electron chi connectivity index (χ4n) is 2.85. The van der Waals surface area contributed by atoms with Gasteiger partial charge in [0.1, 0.15) is 0 Å². The number of benzene rings is 1. The first-order chi connectivity index (χ1) is 11.7. The SMILES string of the molecule is Cc1cc(NC(=O)NCC(C)(C)O)cc(C)c1B1OC(C)(C)C(C)(C)O1. The van der Waals surface area contributed by atoms with Gasteiger partial charge in [-0.05, 0) is 84.1 Å². The summed E-state index contributed by atoms with van der Waals surface area (Å²) >= 11 is 0. The van der Waals surface area contributed by atoms with Crippen LogP contribution in [0.2, 0.25) is 0 Å². The van der Waals surface area contributed by atoms with Gasteiger partial charge in [0.2, 0.25) is 0 Å². The Morgan fingerprint density at radius 1 is 1.12 bits per heavy atom. The maximum absolute atomic E-state index is 12.0. The van der Waals surface area contributed by atoms with Crippen LogP contribution in [0.1, 0.15) is 52.7 Å². The van der Waals surface area contributed by atoms with Crippen molar-refractivity contribution in [3.05, 3.63) is 23.3 Å². The van der Waals surface area contributed by atoms with Crippen LogP contribution in [0, 0.1) is 13.8 Å². The summed E-state index contributed by atoms with van der Waals surface area (Å²) in [4.78, 5) is 12.0. The van der Waals surface area contributed by atoms with Gasteiger partial charge < -0.3 is 25.0 Å². The molecule has 6 nitrogen and oxygen atoms in total. The second kappa shape index (κ2) is 6.87. The van der Waals surface area contributed by atoms with Crippen LogP contribution in [0.4, 0.5) is 10.5 Å². The number of aliphatic hydroxyl groups is 1. The molecule has 26 heavy (non-hydrogen) atoms.